The van der Waals surface area contributed by atoms with Crippen LogP contribution in [0.1, 0.15) is 0 Å². The van der Waals surface area contributed by atoms with Gasteiger partial charge in [-0.15, -0.1) is 0 Å². The molecule has 0 aliphatic rings. The van der Waals surface area contributed by atoms with E-state index in [1.165, 1.54) is 7.11 Å². The van der Waals surface area contributed by atoms with Crippen LogP contribution in [-0.4, -0.2) is 26.1 Å². The number of amides is 1. The van der Waals surface area contributed by atoms with Crippen LogP contribution in [0.25, 0.3) is 0 Å². The first-order valence-electron chi connectivity index (χ1n) is 4.30. The molecule has 1 aromatic rings. The summed E-state index contributed by atoms with van der Waals surface area (Å²) in [7, 11) is 2.65. The minimum absolute atomic E-state index is 0.446. The molecule has 0 radical (unpaired) electrons. The Bertz CT molecular complexity index is 419. The number of rotatable bonds is 2. The van der Waals surface area contributed by atoms with Gasteiger partial charge in [0, 0.05) is 16.2 Å². The monoisotopic (exact) mass is 287 g/mol. The summed E-state index contributed by atoms with van der Waals surface area (Å²) in [5.41, 5.74) is 0.446. The van der Waals surface area contributed by atoms with E-state index in [2.05, 4.69) is 26.0 Å². The van der Waals surface area contributed by atoms with Crippen LogP contribution < -0.4 is 10.1 Å². The Morgan fingerprint density at radius 1 is 1.25 bits per heavy atom. The number of halogens is 1. The highest BCUT2D eigenvalue weighted by Gasteiger charge is 2.14. The van der Waals surface area contributed by atoms with E-state index in [4.69, 9.17) is 4.74 Å². The van der Waals surface area contributed by atoms with E-state index in [0.29, 0.717) is 11.4 Å². The molecule has 0 fully saturated rings. The third-order valence-electron chi connectivity index (χ3n) is 1.74. The van der Waals surface area contributed by atoms with Crippen molar-refractivity contribution < 1.29 is 19.1 Å². The first-order chi connectivity index (χ1) is 7.56. The molecule has 0 aliphatic carbocycles. The fourth-order valence-corrected chi connectivity index (χ4v) is 1.50. The predicted octanol–water partition coefficient (Wildman–Crippen LogP) is 1.57. The second kappa shape index (κ2) is 5.50. The first kappa shape index (κ1) is 12.5. The van der Waals surface area contributed by atoms with Crippen molar-refractivity contribution in [1.82, 2.24) is 0 Å². The van der Waals surface area contributed by atoms with Gasteiger partial charge in [0.25, 0.3) is 0 Å². The Morgan fingerprint density at radius 3 is 2.50 bits per heavy atom. The van der Waals surface area contributed by atoms with E-state index in [-0.39, 0.29) is 0 Å². The van der Waals surface area contributed by atoms with Crippen LogP contribution in [0.15, 0.2) is 22.7 Å². The van der Waals surface area contributed by atoms with Gasteiger partial charge in [-0.3, -0.25) is 4.79 Å². The largest absolute Gasteiger partial charge is 0.497 e. The predicted molar refractivity (Wildman–Crippen MR) is 61.3 cm³/mol. The van der Waals surface area contributed by atoms with Crippen LogP contribution in [0.3, 0.4) is 0 Å². The number of ether oxygens (including phenoxy) is 2. The zero-order valence-corrected chi connectivity index (χ0v) is 10.3. The lowest BCUT2D eigenvalue weighted by atomic mass is 10.3. The summed E-state index contributed by atoms with van der Waals surface area (Å²) >= 11 is 3.25. The zero-order valence-electron chi connectivity index (χ0n) is 8.74. The smallest absolute Gasteiger partial charge is 0.396 e. The van der Waals surface area contributed by atoms with Crippen LogP contribution in [0.2, 0.25) is 0 Å². The Morgan fingerprint density at radius 2 is 1.94 bits per heavy atom. The van der Waals surface area contributed by atoms with Gasteiger partial charge in [0.05, 0.1) is 14.2 Å². The van der Waals surface area contributed by atoms with Gasteiger partial charge in [0.2, 0.25) is 0 Å². The molecule has 0 atom stereocenters. The van der Waals surface area contributed by atoms with Gasteiger partial charge in [-0.2, -0.15) is 0 Å². The Balaban J connectivity index is 2.85. The second-order valence-corrected chi connectivity index (χ2v) is 3.74. The number of methoxy groups -OCH3 is 2. The van der Waals surface area contributed by atoms with Crippen molar-refractivity contribution in [2.24, 2.45) is 0 Å². The zero-order chi connectivity index (χ0) is 12.1. The van der Waals surface area contributed by atoms with Gasteiger partial charge >= 0.3 is 11.9 Å². The fourth-order valence-electron chi connectivity index (χ4n) is 1.03. The molecule has 0 aliphatic heterocycles. The minimum Gasteiger partial charge on any atom is -0.497 e. The van der Waals surface area contributed by atoms with Gasteiger partial charge in [-0.25, -0.2) is 4.79 Å². The molecule has 1 rings (SSSR count). The van der Waals surface area contributed by atoms with Crippen molar-refractivity contribution in [1.29, 1.82) is 0 Å². The average molecular weight is 288 g/mol. The molecule has 1 N–H and O–H groups in total. The quantitative estimate of drug-likeness (QED) is 0.662. The Kier molecular flexibility index (Phi) is 4.30. The maximum absolute atomic E-state index is 11.2. The second-order valence-electron chi connectivity index (χ2n) is 2.83. The molecular formula is C10H10BrNO4. The third kappa shape index (κ3) is 3.23. The van der Waals surface area contributed by atoms with Gasteiger partial charge < -0.3 is 14.8 Å². The van der Waals surface area contributed by atoms with Crippen molar-refractivity contribution in [3.63, 3.8) is 0 Å². The highest BCUT2D eigenvalue weighted by molar-refractivity contribution is 9.10. The molecule has 0 bridgehead atoms. The molecule has 1 aromatic carbocycles. The van der Waals surface area contributed by atoms with E-state index in [1.54, 1.807) is 18.2 Å². The van der Waals surface area contributed by atoms with Crippen molar-refractivity contribution in [2.75, 3.05) is 19.5 Å². The molecular weight excluding hydrogens is 278 g/mol. The summed E-state index contributed by atoms with van der Waals surface area (Å²) in [5, 5.41) is 2.38. The first-order valence-corrected chi connectivity index (χ1v) is 5.10. The van der Waals surface area contributed by atoms with Crippen LogP contribution in [0, 0.1) is 0 Å². The van der Waals surface area contributed by atoms with Crippen LogP contribution in [0.5, 0.6) is 5.75 Å². The molecule has 0 heterocycles. The summed E-state index contributed by atoms with van der Waals surface area (Å²) in [5.74, 6) is -1.21. The van der Waals surface area contributed by atoms with Gasteiger partial charge in [0.1, 0.15) is 5.75 Å². The lowest BCUT2D eigenvalue weighted by Gasteiger charge is -2.06. The van der Waals surface area contributed by atoms with Crippen molar-refractivity contribution in [2.45, 2.75) is 0 Å². The summed E-state index contributed by atoms with van der Waals surface area (Å²) in [6, 6.07) is 4.96. The van der Waals surface area contributed by atoms with Gasteiger partial charge in [-0.1, -0.05) is 15.9 Å². The molecule has 5 nitrogen and oxygen atoms in total. The highest BCUT2D eigenvalue weighted by atomic mass is 79.9. The maximum atomic E-state index is 11.2. The van der Waals surface area contributed by atoms with Crippen molar-refractivity contribution in [3.05, 3.63) is 22.7 Å². The Hall–Kier alpha value is -1.56. The summed E-state index contributed by atoms with van der Waals surface area (Å²) in [4.78, 5) is 22.1. The number of benzene rings is 1. The van der Waals surface area contributed by atoms with Crippen LogP contribution in [0.4, 0.5) is 5.69 Å². The fraction of sp³-hybridized carbons (Fsp3) is 0.200. The molecule has 16 heavy (non-hydrogen) atoms. The average Bonchev–Trinajstić information content (AvgIpc) is 2.26. The van der Waals surface area contributed by atoms with E-state index in [0.717, 1.165) is 11.6 Å². The number of anilines is 1. The van der Waals surface area contributed by atoms with E-state index in [1.807, 2.05) is 0 Å². The normalized spacial score (nSPS) is 9.44. The van der Waals surface area contributed by atoms with E-state index < -0.39 is 11.9 Å². The molecule has 86 valence electrons. The number of hydrogen-bond acceptors (Lipinski definition) is 4. The maximum Gasteiger partial charge on any atom is 0.396 e. The Labute approximate surface area is 101 Å². The number of nitrogens with one attached hydrogen (secondary N) is 1. The molecule has 6 heteroatoms. The number of carbonyl (C=O) groups excluding carboxylic acids is 2. The minimum atomic E-state index is -0.945. The van der Waals surface area contributed by atoms with Gasteiger partial charge in [0.15, 0.2) is 0 Å². The highest BCUT2D eigenvalue weighted by Crippen LogP contribution is 2.24. The standard InChI is InChI=1S/C10H10BrNO4/c1-15-8-4-6(11)3-7(5-8)12-9(13)10(14)16-2/h3-5H,1-2H3,(H,12,13). The lowest BCUT2D eigenvalue weighted by Crippen LogP contribution is -2.23. The van der Waals surface area contributed by atoms with Crippen LogP contribution >= 0.6 is 15.9 Å². The topological polar surface area (TPSA) is 64.6 Å². The molecule has 0 unspecified atom stereocenters. The summed E-state index contributed by atoms with van der Waals surface area (Å²) in [6.07, 6.45) is 0. The molecule has 0 spiro atoms. The van der Waals surface area contributed by atoms with E-state index >= 15 is 0 Å². The summed E-state index contributed by atoms with van der Waals surface area (Å²) < 4.78 is 10.0. The third-order valence-corrected chi connectivity index (χ3v) is 2.19. The van der Waals surface area contributed by atoms with Crippen LogP contribution in [-0.2, 0) is 14.3 Å². The lowest BCUT2D eigenvalue weighted by molar-refractivity contribution is -0.150. The number of carbonyl (C=O) groups is 2. The molecule has 0 aromatic heterocycles. The molecule has 0 saturated heterocycles. The van der Waals surface area contributed by atoms with Crippen molar-refractivity contribution in [3.8, 4) is 5.75 Å². The molecule has 0 saturated carbocycles. The number of esters is 1. The van der Waals surface area contributed by atoms with Crippen molar-refractivity contribution >= 4 is 33.5 Å². The number of hydrogen-bond donors (Lipinski definition) is 1. The molecule has 1 amide bonds. The summed E-state index contributed by atoms with van der Waals surface area (Å²) in [6.45, 7) is 0. The van der Waals surface area contributed by atoms with E-state index in [9.17, 15) is 9.59 Å². The SMILES string of the molecule is COC(=O)C(=O)Nc1cc(Br)cc(OC)c1. The van der Waals surface area contributed by atoms with Gasteiger partial charge in [-0.05, 0) is 12.1 Å².